The van der Waals surface area contributed by atoms with Crippen LogP contribution >= 0.6 is 11.8 Å². The Morgan fingerprint density at radius 1 is 1.12 bits per heavy atom. The number of amidine groups is 1. The van der Waals surface area contributed by atoms with E-state index in [1.165, 1.54) is 17.3 Å². The van der Waals surface area contributed by atoms with Crippen molar-refractivity contribution in [2.75, 3.05) is 0 Å². The Hall–Kier alpha value is -2.40. The molecule has 3 rings (SSSR count). The van der Waals surface area contributed by atoms with Gasteiger partial charge in [0.15, 0.2) is 5.17 Å². The Labute approximate surface area is 146 Å². The number of hydrogen-bond acceptors (Lipinski definition) is 4. The highest BCUT2D eigenvalue weighted by molar-refractivity contribution is 8.15. The summed E-state index contributed by atoms with van der Waals surface area (Å²) >= 11 is 1.44. The molecule has 0 aromatic heterocycles. The van der Waals surface area contributed by atoms with Crippen LogP contribution in [0.1, 0.15) is 23.6 Å². The van der Waals surface area contributed by atoms with Crippen molar-refractivity contribution in [2.45, 2.75) is 25.5 Å². The minimum Gasteiger partial charge on any atom is -0.303 e. The average molecular weight is 337 g/mol. The lowest BCUT2D eigenvalue weighted by atomic mass is 10.1. The third kappa shape index (κ3) is 4.11. The quantitative estimate of drug-likeness (QED) is 0.685. The van der Waals surface area contributed by atoms with E-state index in [2.05, 4.69) is 15.5 Å². The van der Waals surface area contributed by atoms with Gasteiger partial charge in [0, 0.05) is 0 Å². The zero-order valence-corrected chi connectivity index (χ0v) is 14.5. The molecule has 2 aromatic rings. The molecule has 1 aliphatic heterocycles. The molecule has 4 nitrogen and oxygen atoms in total. The second-order valence-corrected chi connectivity index (χ2v) is 6.93. The van der Waals surface area contributed by atoms with Crippen LogP contribution in [-0.4, -0.2) is 22.0 Å². The Bertz CT molecular complexity index is 782. The van der Waals surface area contributed by atoms with E-state index in [4.69, 9.17) is 0 Å². The van der Waals surface area contributed by atoms with Crippen molar-refractivity contribution in [3.63, 3.8) is 0 Å². The van der Waals surface area contributed by atoms with Gasteiger partial charge >= 0.3 is 0 Å². The summed E-state index contributed by atoms with van der Waals surface area (Å²) in [5.41, 5.74) is 4.20. The maximum Gasteiger partial charge on any atom is 0.239 e. The summed E-state index contributed by atoms with van der Waals surface area (Å²) in [6.45, 7) is 3.96. The number of nitrogens with zero attached hydrogens (tertiary/aromatic N) is 2. The molecule has 24 heavy (non-hydrogen) atoms. The topological polar surface area (TPSA) is 53.8 Å². The fourth-order valence-electron chi connectivity index (χ4n) is 2.39. The lowest BCUT2D eigenvalue weighted by Crippen LogP contribution is -2.25. The summed E-state index contributed by atoms with van der Waals surface area (Å²) < 4.78 is 0. The van der Waals surface area contributed by atoms with Crippen LogP contribution in [0.4, 0.5) is 0 Å². The highest BCUT2D eigenvalue weighted by Gasteiger charge is 2.30. The highest BCUT2D eigenvalue weighted by Crippen LogP contribution is 2.23. The molecule has 0 bridgehead atoms. The Kier molecular flexibility index (Phi) is 5.11. The predicted molar refractivity (Wildman–Crippen MR) is 100 cm³/mol. The van der Waals surface area contributed by atoms with Gasteiger partial charge in [-0.15, -0.1) is 5.10 Å². The van der Waals surface area contributed by atoms with Gasteiger partial charge in [-0.2, -0.15) is 5.10 Å². The summed E-state index contributed by atoms with van der Waals surface area (Å²) in [6.07, 6.45) is 0.691. The molecular formula is C19H19N3OS. The smallest absolute Gasteiger partial charge is 0.239 e. The molecule has 0 aliphatic carbocycles. The molecule has 1 atom stereocenters. The van der Waals surface area contributed by atoms with Gasteiger partial charge in [0.25, 0.3) is 0 Å². The van der Waals surface area contributed by atoms with Crippen LogP contribution in [0.15, 0.2) is 64.8 Å². The second-order valence-electron chi connectivity index (χ2n) is 5.74. The fraction of sp³-hybridized carbons (Fsp3) is 0.211. The summed E-state index contributed by atoms with van der Waals surface area (Å²) in [5.74, 6) is -0.00853. The number of carbonyl (C=O) groups excluding carboxylic acids is 1. The van der Waals surface area contributed by atoms with Gasteiger partial charge in [0.05, 0.1) is 11.0 Å². The summed E-state index contributed by atoms with van der Waals surface area (Å²) in [5, 5.41) is 11.7. The van der Waals surface area contributed by atoms with Crippen molar-refractivity contribution in [1.29, 1.82) is 0 Å². The van der Waals surface area contributed by atoms with Gasteiger partial charge < -0.3 is 5.32 Å². The van der Waals surface area contributed by atoms with Gasteiger partial charge in [-0.05, 0) is 31.4 Å². The maximum absolute atomic E-state index is 12.1. The number of nitrogens with one attached hydrogen (secondary N) is 1. The van der Waals surface area contributed by atoms with Crippen molar-refractivity contribution in [3.8, 4) is 0 Å². The highest BCUT2D eigenvalue weighted by atomic mass is 32.2. The normalized spacial score (nSPS) is 19.6. The van der Waals surface area contributed by atoms with Gasteiger partial charge in [0.2, 0.25) is 5.91 Å². The number of amides is 1. The third-order valence-electron chi connectivity index (χ3n) is 3.80. The van der Waals surface area contributed by atoms with Crippen molar-refractivity contribution in [3.05, 3.63) is 71.3 Å². The predicted octanol–water partition coefficient (Wildman–Crippen LogP) is 3.55. The lowest BCUT2D eigenvalue weighted by Gasteiger charge is -2.04. The monoisotopic (exact) mass is 337 g/mol. The zero-order chi connectivity index (χ0) is 16.9. The van der Waals surface area contributed by atoms with E-state index in [9.17, 15) is 4.79 Å². The number of aryl methyl sites for hydroxylation is 1. The molecular weight excluding hydrogens is 318 g/mol. The van der Waals surface area contributed by atoms with E-state index < -0.39 is 0 Å². The van der Waals surface area contributed by atoms with Crippen LogP contribution in [0, 0.1) is 6.92 Å². The first kappa shape index (κ1) is 16.5. The minimum absolute atomic E-state index is 0.00853. The Morgan fingerprint density at radius 2 is 1.83 bits per heavy atom. The van der Waals surface area contributed by atoms with Gasteiger partial charge in [-0.1, -0.05) is 71.9 Å². The van der Waals surface area contributed by atoms with Crippen molar-refractivity contribution >= 4 is 28.5 Å². The van der Waals surface area contributed by atoms with E-state index >= 15 is 0 Å². The molecule has 0 saturated carbocycles. The first-order chi connectivity index (χ1) is 11.6. The van der Waals surface area contributed by atoms with Crippen molar-refractivity contribution in [2.24, 2.45) is 10.2 Å². The summed E-state index contributed by atoms with van der Waals surface area (Å²) in [4.78, 5) is 12.1. The molecule has 5 heteroatoms. The van der Waals surface area contributed by atoms with E-state index in [0.717, 1.165) is 16.8 Å². The van der Waals surface area contributed by atoms with Gasteiger partial charge in [-0.25, -0.2) is 0 Å². The van der Waals surface area contributed by atoms with Crippen LogP contribution in [0.25, 0.3) is 0 Å². The molecule has 122 valence electrons. The summed E-state index contributed by atoms with van der Waals surface area (Å²) in [7, 11) is 0. The van der Waals surface area contributed by atoms with Crippen LogP contribution in [-0.2, 0) is 11.2 Å². The van der Waals surface area contributed by atoms with E-state index in [1.54, 1.807) is 0 Å². The van der Waals surface area contributed by atoms with E-state index in [1.807, 2.05) is 68.4 Å². The Balaban J connectivity index is 1.67. The van der Waals surface area contributed by atoms with Gasteiger partial charge in [-0.3, -0.25) is 4.79 Å². The van der Waals surface area contributed by atoms with Gasteiger partial charge in [0.1, 0.15) is 0 Å². The van der Waals surface area contributed by atoms with Crippen LogP contribution in [0.5, 0.6) is 0 Å². The number of hydrogen-bond donors (Lipinski definition) is 1. The van der Waals surface area contributed by atoms with Crippen LogP contribution < -0.4 is 5.32 Å². The van der Waals surface area contributed by atoms with Crippen LogP contribution in [0.2, 0.25) is 0 Å². The molecule has 1 unspecified atom stereocenters. The second kappa shape index (κ2) is 7.45. The number of rotatable bonds is 4. The minimum atomic E-state index is -0.152. The molecule has 1 N–H and O–H groups in total. The average Bonchev–Trinajstić information content (AvgIpc) is 2.94. The molecule has 1 aliphatic rings. The number of carbonyl (C=O) groups is 1. The maximum atomic E-state index is 12.1. The largest absolute Gasteiger partial charge is 0.303 e. The SMILES string of the molecule is C/C(=N/N=C1/NC(=O)C(Cc2ccccc2)S1)c1ccc(C)cc1. The standard InChI is InChI=1S/C19H19N3OS/c1-13-8-10-16(11-9-13)14(2)21-22-19-20-18(23)17(24-19)12-15-6-4-3-5-7-15/h3-11,17H,12H2,1-2H3,(H,20,22,23)/b21-14-. The number of thioether (sulfide) groups is 1. The molecule has 0 spiro atoms. The van der Waals surface area contributed by atoms with Crippen molar-refractivity contribution < 1.29 is 4.79 Å². The van der Waals surface area contributed by atoms with E-state index in [-0.39, 0.29) is 11.2 Å². The van der Waals surface area contributed by atoms with Crippen molar-refractivity contribution in [1.82, 2.24) is 5.32 Å². The lowest BCUT2D eigenvalue weighted by molar-refractivity contribution is -0.118. The summed E-state index contributed by atoms with van der Waals surface area (Å²) in [6, 6.07) is 18.1. The van der Waals surface area contributed by atoms with Crippen LogP contribution in [0.3, 0.4) is 0 Å². The molecule has 1 heterocycles. The number of benzene rings is 2. The molecule has 1 amide bonds. The molecule has 2 aromatic carbocycles. The molecule has 1 saturated heterocycles. The Morgan fingerprint density at radius 3 is 2.54 bits per heavy atom. The zero-order valence-electron chi connectivity index (χ0n) is 13.7. The first-order valence-electron chi connectivity index (χ1n) is 7.82. The molecule has 1 fully saturated rings. The van der Waals surface area contributed by atoms with E-state index in [0.29, 0.717) is 11.6 Å². The fourth-order valence-corrected chi connectivity index (χ4v) is 3.35. The first-order valence-corrected chi connectivity index (χ1v) is 8.70. The molecule has 0 radical (unpaired) electrons. The third-order valence-corrected chi connectivity index (χ3v) is 4.87.